The highest BCUT2D eigenvalue weighted by Gasteiger charge is 2.33. The number of pyridine rings is 1. The third-order valence-corrected chi connectivity index (χ3v) is 2.55. The topological polar surface area (TPSA) is 67.9 Å². The summed E-state index contributed by atoms with van der Waals surface area (Å²) in [5.74, 6) is -0.304. The lowest BCUT2D eigenvalue weighted by atomic mass is 10.2. The molecule has 2 N–H and O–H groups in total. The Bertz CT molecular complexity index is 585. The third-order valence-electron chi connectivity index (χ3n) is 2.55. The molecule has 2 aromatic rings. The van der Waals surface area contributed by atoms with Crippen LogP contribution in [0, 0.1) is 0 Å². The number of aromatic nitrogens is 3. The normalized spacial score (nSPS) is 11.4. The molecule has 2 aromatic heterocycles. The second-order valence-electron chi connectivity index (χ2n) is 4.18. The van der Waals surface area contributed by atoms with Crippen molar-refractivity contribution in [2.75, 3.05) is 17.7 Å². The van der Waals surface area contributed by atoms with Crippen LogP contribution < -0.4 is 10.6 Å². The van der Waals surface area contributed by atoms with Crippen LogP contribution in [0.5, 0.6) is 0 Å². The lowest BCUT2D eigenvalue weighted by molar-refractivity contribution is -0.141. The van der Waals surface area contributed by atoms with Crippen molar-refractivity contribution >= 4 is 11.8 Å². The molecule has 0 atom stereocenters. The number of hydrogen-bond donors (Lipinski definition) is 1. The molecule has 0 saturated carbocycles. The summed E-state index contributed by atoms with van der Waals surface area (Å²) in [6, 6.07) is 4.43. The molecule has 5 nitrogen and oxygen atoms in total. The van der Waals surface area contributed by atoms with Crippen LogP contribution in [0.2, 0.25) is 0 Å². The first-order valence-corrected chi connectivity index (χ1v) is 5.68. The predicted octanol–water partition coefficient (Wildman–Crippen LogP) is 2.11. The molecule has 0 aliphatic rings. The number of halogens is 3. The van der Waals surface area contributed by atoms with E-state index in [1.807, 2.05) is 6.07 Å². The van der Waals surface area contributed by atoms with E-state index in [9.17, 15) is 13.2 Å². The van der Waals surface area contributed by atoms with Crippen LogP contribution in [0.15, 0.2) is 30.6 Å². The summed E-state index contributed by atoms with van der Waals surface area (Å²) in [5, 5.41) is 0. The van der Waals surface area contributed by atoms with E-state index in [0.29, 0.717) is 6.54 Å². The van der Waals surface area contributed by atoms with Crippen LogP contribution in [0.1, 0.15) is 11.3 Å². The van der Waals surface area contributed by atoms with E-state index in [0.717, 1.165) is 11.6 Å². The Morgan fingerprint density at radius 1 is 1.30 bits per heavy atom. The number of alkyl halides is 3. The number of anilines is 2. The van der Waals surface area contributed by atoms with Gasteiger partial charge in [0.25, 0.3) is 0 Å². The van der Waals surface area contributed by atoms with Gasteiger partial charge in [0, 0.05) is 32.1 Å². The average molecular weight is 283 g/mol. The van der Waals surface area contributed by atoms with Gasteiger partial charge in [-0.25, -0.2) is 4.98 Å². The highest BCUT2D eigenvalue weighted by atomic mass is 19.4. The molecule has 0 bridgehead atoms. The van der Waals surface area contributed by atoms with E-state index in [4.69, 9.17) is 5.73 Å². The molecule has 0 amide bonds. The van der Waals surface area contributed by atoms with Crippen LogP contribution in [0.4, 0.5) is 24.9 Å². The van der Waals surface area contributed by atoms with Gasteiger partial charge in [0.1, 0.15) is 5.82 Å². The first-order chi connectivity index (χ1) is 9.36. The lowest BCUT2D eigenvalue weighted by Crippen LogP contribution is -2.20. The quantitative estimate of drug-likeness (QED) is 0.934. The Balaban J connectivity index is 2.26. The SMILES string of the molecule is CN(Cc1cccnc1)c1cc(C(F)(F)F)nc(N)n1. The van der Waals surface area contributed by atoms with Gasteiger partial charge in [0.2, 0.25) is 5.95 Å². The average Bonchev–Trinajstić information content (AvgIpc) is 2.38. The van der Waals surface area contributed by atoms with Crippen LogP contribution in [-0.2, 0) is 12.7 Å². The number of nitrogens with two attached hydrogens (primary N) is 1. The van der Waals surface area contributed by atoms with E-state index in [2.05, 4.69) is 15.0 Å². The Kier molecular flexibility index (Phi) is 3.73. The van der Waals surface area contributed by atoms with Crippen LogP contribution in [0.25, 0.3) is 0 Å². The van der Waals surface area contributed by atoms with Crippen molar-refractivity contribution < 1.29 is 13.2 Å². The number of rotatable bonds is 3. The third kappa shape index (κ3) is 3.34. The molecule has 0 aliphatic heterocycles. The first kappa shape index (κ1) is 14.0. The molecule has 2 rings (SSSR count). The highest BCUT2D eigenvalue weighted by molar-refractivity contribution is 5.44. The van der Waals surface area contributed by atoms with Gasteiger partial charge >= 0.3 is 6.18 Å². The highest BCUT2D eigenvalue weighted by Crippen LogP contribution is 2.30. The Morgan fingerprint density at radius 3 is 2.65 bits per heavy atom. The van der Waals surface area contributed by atoms with Gasteiger partial charge in [0.05, 0.1) is 0 Å². The van der Waals surface area contributed by atoms with Crippen molar-refractivity contribution in [3.63, 3.8) is 0 Å². The van der Waals surface area contributed by atoms with Gasteiger partial charge in [0.15, 0.2) is 5.69 Å². The van der Waals surface area contributed by atoms with E-state index in [1.165, 1.54) is 0 Å². The standard InChI is InChI=1S/C12H12F3N5/c1-20(7-8-3-2-4-17-6-8)10-5-9(12(13,14)15)18-11(16)19-10/h2-6H,7H2,1H3,(H2,16,18,19). The molecule has 0 radical (unpaired) electrons. The van der Waals surface area contributed by atoms with Crippen LogP contribution in [0.3, 0.4) is 0 Å². The zero-order chi connectivity index (χ0) is 14.8. The fraction of sp³-hybridized carbons (Fsp3) is 0.250. The fourth-order valence-corrected chi connectivity index (χ4v) is 1.64. The lowest BCUT2D eigenvalue weighted by Gasteiger charge is -2.19. The van der Waals surface area contributed by atoms with Gasteiger partial charge in [-0.05, 0) is 11.6 Å². The molecular formula is C12H12F3N5. The fourth-order valence-electron chi connectivity index (χ4n) is 1.64. The second-order valence-corrected chi connectivity index (χ2v) is 4.18. The van der Waals surface area contributed by atoms with Crippen molar-refractivity contribution in [2.45, 2.75) is 12.7 Å². The Morgan fingerprint density at radius 2 is 2.05 bits per heavy atom. The van der Waals surface area contributed by atoms with Crippen molar-refractivity contribution in [3.8, 4) is 0 Å². The summed E-state index contributed by atoms with van der Waals surface area (Å²) in [7, 11) is 1.62. The molecule has 0 saturated heterocycles. The zero-order valence-electron chi connectivity index (χ0n) is 10.6. The second kappa shape index (κ2) is 5.32. The summed E-state index contributed by atoms with van der Waals surface area (Å²) in [6.07, 6.45) is -1.30. The van der Waals surface area contributed by atoms with Crippen molar-refractivity contribution in [3.05, 3.63) is 41.9 Å². The van der Waals surface area contributed by atoms with Gasteiger partial charge in [-0.15, -0.1) is 0 Å². The molecule has 8 heteroatoms. The minimum absolute atomic E-state index is 0.105. The molecule has 106 valence electrons. The number of nitrogens with zero attached hydrogens (tertiary/aromatic N) is 4. The van der Waals surface area contributed by atoms with Gasteiger partial charge in [-0.3, -0.25) is 4.98 Å². The van der Waals surface area contributed by atoms with E-state index in [-0.39, 0.29) is 5.82 Å². The van der Waals surface area contributed by atoms with Crippen molar-refractivity contribution in [2.24, 2.45) is 0 Å². The van der Waals surface area contributed by atoms with Gasteiger partial charge < -0.3 is 10.6 Å². The monoisotopic (exact) mass is 283 g/mol. The van der Waals surface area contributed by atoms with Crippen LogP contribution >= 0.6 is 0 Å². The van der Waals surface area contributed by atoms with Gasteiger partial charge in [-0.2, -0.15) is 18.2 Å². The molecule has 0 aromatic carbocycles. The zero-order valence-corrected chi connectivity index (χ0v) is 10.6. The molecule has 0 unspecified atom stereocenters. The van der Waals surface area contributed by atoms with Crippen molar-refractivity contribution in [1.82, 2.24) is 15.0 Å². The predicted molar refractivity (Wildman–Crippen MR) is 67.8 cm³/mol. The first-order valence-electron chi connectivity index (χ1n) is 5.68. The Hall–Kier alpha value is -2.38. The molecule has 0 spiro atoms. The van der Waals surface area contributed by atoms with E-state index < -0.39 is 17.8 Å². The summed E-state index contributed by atoms with van der Waals surface area (Å²) in [6.45, 7) is 0.363. The molecule has 0 aliphatic carbocycles. The number of nitrogen functional groups attached to an aromatic ring is 1. The largest absolute Gasteiger partial charge is 0.433 e. The van der Waals surface area contributed by atoms with Crippen molar-refractivity contribution in [1.29, 1.82) is 0 Å². The van der Waals surface area contributed by atoms with Crippen LogP contribution in [-0.4, -0.2) is 22.0 Å². The minimum atomic E-state index is -4.55. The summed E-state index contributed by atoms with van der Waals surface area (Å²) < 4.78 is 38.0. The number of hydrogen-bond acceptors (Lipinski definition) is 5. The maximum absolute atomic E-state index is 12.7. The summed E-state index contributed by atoms with van der Waals surface area (Å²) in [5.41, 5.74) is 5.12. The molecule has 2 heterocycles. The molecular weight excluding hydrogens is 271 g/mol. The molecule has 20 heavy (non-hydrogen) atoms. The summed E-state index contributed by atoms with van der Waals surface area (Å²) in [4.78, 5) is 12.5. The minimum Gasteiger partial charge on any atom is -0.368 e. The maximum atomic E-state index is 12.7. The summed E-state index contributed by atoms with van der Waals surface area (Å²) >= 11 is 0. The Labute approximate surface area is 113 Å². The maximum Gasteiger partial charge on any atom is 0.433 e. The van der Waals surface area contributed by atoms with Gasteiger partial charge in [-0.1, -0.05) is 6.07 Å². The van der Waals surface area contributed by atoms with E-state index in [1.54, 1.807) is 30.4 Å². The smallest absolute Gasteiger partial charge is 0.368 e. The van der Waals surface area contributed by atoms with E-state index >= 15 is 0 Å². The molecule has 0 fully saturated rings.